The topological polar surface area (TPSA) is 66.4 Å². The number of rotatable bonds is 8. The molecule has 0 fully saturated rings. The number of nitrogens with one attached hydrogen (secondary N) is 1. The van der Waals surface area contributed by atoms with Crippen molar-refractivity contribution in [2.24, 2.45) is 0 Å². The normalized spacial score (nSPS) is 12.1. The standard InChI is InChI=1S/C7H12FNO3S/c8-2-1-3-13-4-6(7(11)12)9-5-10/h5-6H,1-4H2,(H,9,10)(H,11,12). The summed E-state index contributed by atoms with van der Waals surface area (Å²) in [5.74, 6) is -0.227. The molecule has 4 nitrogen and oxygen atoms in total. The second-order valence-electron chi connectivity index (χ2n) is 2.29. The van der Waals surface area contributed by atoms with Crippen molar-refractivity contribution < 1.29 is 19.1 Å². The lowest BCUT2D eigenvalue weighted by atomic mass is 10.3. The maximum Gasteiger partial charge on any atom is 0.327 e. The molecule has 0 aliphatic heterocycles. The number of halogens is 1. The van der Waals surface area contributed by atoms with Gasteiger partial charge in [0.25, 0.3) is 0 Å². The molecule has 76 valence electrons. The summed E-state index contributed by atoms with van der Waals surface area (Å²) in [6.07, 6.45) is 0.770. The Morgan fingerprint density at radius 3 is 2.85 bits per heavy atom. The third-order valence-electron chi connectivity index (χ3n) is 1.27. The molecule has 0 saturated heterocycles. The highest BCUT2D eigenvalue weighted by molar-refractivity contribution is 7.99. The number of hydrogen-bond acceptors (Lipinski definition) is 3. The van der Waals surface area contributed by atoms with Crippen molar-refractivity contribution in [3.05, 3.63) is 0 Å². The zero-order valence-corrected chi connectivity index (χ0v) is 7.85. The molecular weight excluding hydrogens is 197 g/mol. The van der Waals surface area contributed by atoms with Gasteiger partial charge in [-0.25, -0.2) is 4.79 Å². The molecule has 6 heteroatoms. The maximum atomic E-state index is 11.6. The Morgan fingerprint density at radius 1 is 1.69 bits per heavy atom. The van der Waals surface area contributed by atoms with Crippen molar-refractivity contribution in [1.82, 2.24) is 5.32 Å². The first-order chi connectivity index (χ1) is 6.22. The van der Waals surface area contributed by atoms with Crippen LogP contribution in [0.15, 0.2) is 0 Å². The van der Waals surface area contributed by atoms with Gasteiger partial charge in [0, 0.05) is 5.75 Å². The van der Waals surface area contributed by atoms with E-state index in [4.69, 9.17) is 5.11 Å². The smallest absolute Gasteiger partial charge is 0.327 e. The summed E-state index contributed by atoms with van der Waals surface area (Å²) in [6.45, 7) is -0.397. The molecule has 0 rings (SSSR count). The van der Waals surface area contributed by atoms with Crippen molar-refractivity contribution in [1.29, 1.82) is 0 Å². The first kappa shape index (κ1) is 12.2. The van der Waals surface area contributed by atoms with E-state index < -0.39 is 18.7 Å². The van der Waals surface area contributed by atoms with Crippen LogP contribution < -0.4 is 5.32 Å². The van der Waals surface area contributed by atoms with Gasteiger partial charge in [0.2, 0.25) is 6.41 Å². The summed E-state index contributed by atoms with van der Waals surface area (Å²) in [5, 5.41) is 10.7. The van der Waals surface area contributed by atoms with Gasteiger partial charge in [-0.3, -0.25) is 9.18 Å². The molecule has 0 aromatic heterocycles. The molecule has 0 heterocycles. The van der Waals surface area contributed by atoms with Gasteiger partial charge < -0.3 is 10.4 Å². The predicted molar refractivity (Wildman–Crippen MR) is 48.5 cm³/mol. The van der Waals surface area contributed by atoms with Crippen LogP contribution in [0.1, 0.15) is 6.42 Å². The number of carboxylic acids is 1. The van der Waals surface area contributed by atoms with Crippen molar-refractivity contribution in [3.63, 3.8) is 0 Å². The van der Waals surface area contributed by atoms with Crippen LogP contribution in [0.25, 0.3) is 0 Å². The largest absolute Gasteiger partial charge is 0.480 e. The minimum atomic E-state index is -1.07. The van der Waals surface area contributed by atoms with Crippen LogP contribution in [0, 0.1) is 0 Å². The lowest BCUT2D eigenvalue weighted by Crippen LogP contribution is -2.37. The average Bonchev–Trinajstić information content (AvgIpc) is 2.10. The Hall–Kier alpha value is -0.780. The van der Waals surface area contributed by atoms with E-state index in [2.05, 4.69) is 5.32 Å². The van der Waals surface area contributed by atoms with Crippen LogP contribution in [0.5, 0.6) is 0 Å². The van der Waals surface area contributed by atoms with Gasteiger partial charge >= 0.3 is 5.97 Å². The monoisotopic (exact) mass is 209 g/mol. The SMILES string of the molecule is O=CNC(CSCCCF)C(=O)O. The van der Waals surface area contributed by atoms with Gasteiger partial charge in [-0.15, -0.1) is 0 Å². The highest BCUT2D eigenvalue weighted by Crippen LogP contribution is 2.05. The highest BCUT2D eigenvalue weighted by atomic mass is 32.2. The molecular formula is C7H12FNO3S. The van der Waals surface area contributed by atoms with Crippen LogP contribution in [-0.2, 0) is 9.59 Å². The van der Waals surface area contributed by atoms with Gasteiger partial charge in [0.1, 0.15) is 6.04 Å². The molecule has 0 aliphatic carbocycles. The van der Waals surface area contributed by atoms with Crippen LogP contribution in [0.4, 0.5) is 4.39 Å². The molecule has 0 aromatic rings. The fourth-order valence-corrected chi connectivity index (χ4v) is 1.59. The molecule has 1 amide bonds. The Bertz CT molecular complexity index is 168. The van der Waals surface area contributed by atoms with Gasteiger partial charge in [0.15, 0.2) is 0 Å². The highest BCUT2D eigenvalue weighted by Gasteiger charge is 2.15. The van der Waals surface area contributed by atoms with Crippen molar-refractivity contribution in [3.8, 4) is 0 Å². The average molecular weight is 209 g/mol. The summed E-state index contributed by atoms with van der Waals surface area (Å²) < 4.78 is 11.6. The minimum absolute atomic E-state index is 0.272. The lowest BCUT2D eigenvalue weighted by molar-refractivity contribution is -0.139. The Morgan fingerprint density at radius 2 is 2.38 bits per heavy atom. The summed E-state index contributed by atoms with van der Waals surface area (Å²) in [6, 6.07) is -0.873. The number of alkyl halides is 1. The van der Waals surface area contributed by atoms with Crippen LogP contribution in [0.3, 0.4) is 0 Å². The third kappa shape index (κ3) is 6.39. The predicted octanol–water partition coefficient (Wildman–Crippen LogP) is 0.278. The van der Waals surface area contributed by atoms with Gasteiger partial charge in [0.05, 0.1) is 6.67 Å². The van der Waals surface area contributed by atoms with Crippen LogP contribution in [0.2, 0.25) is 0 Å². The first-order valence-electron chi connectivity index (χ1n) is 3.78. The van der Waals surface area contributed by atoms with Crippen molar-refractivity contribution >= 4 is 24.1 Å². The molecule has 0 bridgehead atoms. The molecule has 0 aliphatic rings. The van der Waals surface area contributed by atoms with Gasteiger partial charge in [-0.1, -0.05) is 0 Å². The minimum Gasteiger partial charge on any atom is -0.480 e. The summed E-state index contributed by atoms with van der Waals surface area (Å²) in [5.41, 5.74) is 0. The van der Waals surface area contributed by atoms with Crippen LogP contribution >= 0.6 is 11.8 Å². The van der Waals surface area contributed by atoms with E-state index in [9.17, 15) is 14.0 Å². The number of carbonyl (C=O) groups excluding carboxylic acids is 1. The fraction of sp³-hybridized carbons (Fsp3) is 0.714. The zero-order chi connectivity index (χ0) is 10.1. The summed E-state index contributed by atoms with van der Waals surface area (Å²) >= 11 is 1.31. The van der Waals surface area contributed by atoms with E-state index in [1.165, 1.54) is 11.8 Å². The van der Waals surface area contributed by atoms with Crippen molar-refractivity contribution in [2.75, 3.05) is 18.2 Å². The van der Waals surface area contributed by atoms with E-state index in [1.807, 2.05) is 0 Å². The molecule has 0 aromatic carbocycles. The van der Waals surface area contributed by atoms with E-state index in [1.54, 1.807) is 0 Å². The maximum absolute atomic E-state index is 11.6. The van der Waals surface area contributed by atoms with Gasteiger partial charge in [-0.2, -0.15) is 11.8 Å². The Balaban J connectivity index is 3.56. The Labute approximate surface area is 79.9 Å². The van der Waals surface area contributed by atoms with Crippen LogP contribution in [-0.4, -0.2) is 41.7 Å². The lowest BCUT2D eigenvalue weighted by Gasteiger charge is -2.09. The van der Waals surface area contributed by atoms with E-state index >= 15 is 0 Å². The fourth-order valence-electron chi connectivity index (χ4n) is 0.631. The molecule has 0 radical (unpaired) electrons. The van der Waals surface area contributed by atoms with E-state index in [0.717, 1.165) is 0 Å². The number of amides is 1. The quantitative estimate of drug-likeness (QED) is 0.445. The molecule has 13 heavy (non-hydrogen) atoms. The van der Waals surface area contributed by atoms with Crippen molar-refractivity contribution in [2.45, 2.75) is 12.5 Å². The summed E-state index contributed by atoms with van der Waals surface area (Å²) in [7, 11) is 0. The number of aliphatic carboxylic acids is 1. The number of hydrogen-bond donors (Lipinski definition) is 2. The zero-order valence-electron chi connectivity index (χ0n) is 7.03. The Kier molecular flexibility index (Phi) is 7.38. The molecule has 1 atom stereocenters. The summed E-state index contributed by atoms with van der Waals surface area (Å²) in [4.78, 5) is 20.4. The molecule has 1 unspecified atom stereocenters. The second kappa shape index (κ2) is 7.85. The molecule has 0 spiro atoms. The number of carboxylic acid groups (broad SMARTS) is 1. The third-order valence-corrected chi connectivity index (χ3v) is 2.42. The molecule has 0 saturated carbocycles. The number of thioether (sulfide) groups is 1. The first-order valence-corrected chi connectivity index (χ1v) is 4.94. The van der Waals surface area contributed by atoms with Gasteiger partial charge in [-0.05, 0) is 12.2 Å². The molecule has 2 N–H and O–H groups in total. The second-order valence-corrected chi connectivity index (χ2v) is 3.44. The van der Waals surface area contributed by atoms with E-state index in [0.29, 0.717) is 18.6 Å². The number of carbonyl (C=O) groups is 2. The van der Waals surface area contributed by atoms with E-state index in [-0.39, 0.29) is 5.75 Å².